The van der Waals surface area contributed by atoms with Crippen LogP contribution >= 0.6 is 11.8 Å². The van der Waals surface area contributed by atoms with E-state index in [1.54, 1.807) is 38.7 Å². The molecule has 1 rings (SSSR count). The first-order valence-corrected chi connectivity index (χ1v) is 14.4. The number of hydrogen-bond donors (Lipinski definition) is 1. The first-order valence-electron chi connectivity index (χ1n) is 13.5. The van der Waals surface area contributed by atoms with Crippen LogP contribution in [0.5, 0.6) is 0 Å². The van der Waals surface area contributed by atoms with Crippen molar-refractivity contribution < 1.29 is 19.1 Å². The molecule has 0 aliphatic rings. The molecule has 0 aliphatic carbocycles. The van der Waals surface area contributed by atoms with Crippen molar-refractivity contribution in [3.63, 3.8) is 0 Å². The van der Waals surface area contributed by atoms with E-state index in [0.29, 0.717) is 17.4 Å². The number of likely N-dealkylation sites (N-methyl/N-ethyl adjacent to an activating group) is 2. The lowest BCUT2D eigenvalue weighted by Crippen LogP contribution is -2.55. The van der Waals surface area contributed by atoms with Crippen LogP contribution < -0.4 is 5.32 Å². The fourth-order valence-corrected chi connectivity index (χ4v) is 4.50. The van der Waals surface area contributed by atoms with Gasteiger partial charge in [0, 0.05) is 24.4 Å². The molecule has 1 N–H and O–H groups in total. The Labute approximate surface area is 235 Å². The third-order valence-electron chi connectivity index (χ3n) is 5.34. The van der Waals surface area contributed by atoms with Crippen molar-refractivity contribution >= 4 is 29.5 Å². The van der Waals surface area contributed by atoms with Crippen LogP contribution in [0.25, 0.3) is 0 Å². The Hall–Kier alpha value is -2.32. The molecule has 2 atom stereocenters. The summed E-state index contributed by atoms with van der Waals surface area (Å²) in [6, 6.07) is 9.40. The van der Waals surface area contributed by atoms with Gasteiger partial charge >= 0.3 is 5.97 Å². The first kappa shape index (κ1) is 35.7. The Morgan fingerprint density at radius 1 is 1.05 bits per heavy atom. The van der Waals surface area contributed by atoms with E-state index in [2.05, 4.69) is 45.1 Å². The maximum atomic E-state index is 13.3. The number of ether oxygens (including phenoxy) is 1. The van der Waals surface area contributed by atoms with Gasteiger partial charge in [0.25, 0.3) is 0 Å². The highest BCUT2D eigenvalue weighted by molar-refractivity contribution is 8.00. The van der Waals surface area contributed by atoms with Crippen LogP contribution in [0, 0.1) is 5.41 Å². The molecule has 38 heavy (non-hydrogen) atoms. The average molecular weight is 550 g/mol. The van der Waals surface area contributed by atoms with E-state index in [1.165, 1.54) is 11.3 Å². The zero-order chi connectivity index (χ0) is 29.5. The highest BCUT2D eigenvalue weighted by Gasteiger charge is 2.35. The summed E-state index contributed by atoms with van der Waals surface area (Å²) in [5.74, 6) is -0.820. The topological polar surface area (TPSA) is 79.0 Å². The molecule has 0 fully saturated rings. The number of nitrogens with zero attached hydrogens (tertiary/aromatic N) is 2. The lowest BCUT2D eigenvalue weighted by atomic mass is 9.85. The fraction of sp³-hybridized carbons (Fsp3) is 0.633. The number of nitrogens with one attached hydrogen (secondary N) is 1. The van der Waals surface area contributed by atoms with E-state index in [0.717, 1.165) is 5.56 Å². The Morgan fingerprint density at radius 2 is 1.61 bits per heavy atom. The van der Waals surface area contributed by atoms with Gasteiger partial charge in [-0.2, -0.15) is 0 Å². The van der Waals surface area contributed by atoms with Crippen molar-refractivity contribution in [3.8, 4) is 0 Å². The molecule has 0 saturated heterocycles. The minimum atomic E-state index is -0.711. The number of amides is 2. The Kier molecular flexibility index (Phi) is 17.0. The van der Waals surface area contributed by atoms with Crippen LogP contribution in [0.3, 0.4) is 0 Å². The van der Waals surface area contributed by atoms with E-state index < -0.39 is 17.4 Å². The minimum absolute atomic E-state index is 0.0180. The van der Waals surface area contributed by atoms with Crippen LogP contribution in [-0.2, 0) is 19.1 Å². The van der Waals surface area contributed by atoms with E-state index in [1.807, 2.05) is 50.9 Å². The van der Waals surface area contributed by atoms with Gasteiger partial charge in [-0.1, -0.05) is 91.3 Å². The van der Waals surface area contributed by atoms with Gasteiger partial charge in [-0.15, -0.1) is 11.8 Å². The SMILES string of the molecule is CCC.CCOC(=O)/C(C)=C/CN(C)C(=O)C(NC(=O)CN(C)[C@H](SC(C)C)c1ccccc1)C(C)(C)C. The van der Waals surface area contributed by atoms with Crippen molar-refractivity contribution in [1.82, 2.24) is 15.1 Å². The smallest absolute Gasteiger partial charge is 0.333 e. The zero-order valence-electron chi connectivity index (χ0n) is 25.5. The summed E-state index contributed by atoms with van der Waals surface area (Å²) in [4.78, 5) is 41.7. The zero-order valence-corrected chi connectivity index (χ0v) is 26.3. The fourth-order valence-electron chi connectivity index (χ4n) is 3.39. The molecular weight excluding hydrogens is 498 g/mol. The molecule has 0 heterocycles. The van der Waals surface area contributed by atoms with Crippen LogP contribution in [0.15, 0.2) is 42.0 Å². The van der Waals surface area contributed by atoms with Crippen LogP contribution in [0.4, 0.5) is 0 Å². The minimum Gasteiger partial charge on any atom is -0.463 e. The van der Waals surface area contributed by atoms with Crippen molar-refractivity contribution in [3.05, 3.63) is 47.5 Å². The second-order valence-electron chi connectivity index (χ2n) is 10.8. The molecule has 216 valence electrons. The molecule has 0 aromatic heterocycles. The number of hydrogen-bond acceptors (Lipinski definition) is 6. The molecule has 0 bridgehead atoms. The summed E-state index contributed by atoms with van der Waals surface area (Å²) in [6.07, 6.45) is 2.92. The quantitative estimate of drug-likeness (QED) is 0.206. The standard InChI is InChI=1S/C27H43N3O4S.C3H8/c1-10-34-26(33)20(4)16-17-29(8)24(32)23(27(5,6)7)28-22(31)18-30(9)25(35-19(2)3)21-14-12-11-13-15-21;1-3-2/h11-16,19,23,25H,10,17-18H2,1-9H3,(H,28,31);3H2,1-2H3/b20-16+;/t23?,25-;/m1./s1. The van der Waals surface area contributed by atoms with Gasteiger partial charge in [0.05, 0.1) is 18.5 Å². The lowest BCUT2D eigenvalue weighted by Gasteiger charge is -2.34. The lowest BCUT2D eigenvalue weighted by molar-refractivity contribution is -0.139. The molecule has 0 spiro atoms. The molecule has 0 saturated carbocycles. The summed E-state index contributed by atoms with van der Waals surface area (Å²) >= 11 is 1.78. The summed E-state index contributed by atoms with van der Waals surface area (Å²) < 4.78 is 4.99. The van der Waals surface area contributed by atoms with Gasteiger partial charge in [-0.05, 0) is 31.9 Å². The van der Waals surface area contributed by atoms with E-state index in [-0.39, 0.29) is 30.3 Å². The second-order valence-corrected chi connectivity index (χ2v) is 12.4. The Morgan fingerprint density at radius 3 is 2.08 bits per heavy atom. The number of rotatable bonds is 12. The number of thioether (sulfide) groups is 1. The summed E-state index contributed by atoms with van der Waals surface area (Å²) in [5.41, 5.74) is 1.08. The van der Waals surface area contributed by atoms with Crippen molar-refractivity contribution in [2.24, 2.45) is 5.41 Å². The maximum absolute atomic E-state index is 13.3. The third kappa shape index (κ3) is 13.5. The maximum Gasteiger partial charge on any atom is 0.333 e. The van der Waals surface area contributed by atoms with E-state index in [9.17, 15) is 14.4 Å². The van der Waals surface area contributed by atoms with Gasteiger partial charge in [-0.3, -0.25) is 14.5 Å². The van der Waals surface area contributed by atoms with Crippen LogP contribution in [-0.4, -0.2) is 72.7 Å². The highest BCUT2D eigenvalue weighted by Crippen LogP contribution is 2.34. The molecule has 0 aliphatic heterocycles. The monoisotopic (exact) mass is 549 g/mol. The van der Waals surface area contributed by atoms with Gasteiger partial charge < -0.3 is 15.0 Å². The van der Waals surface area contributed by atoms with Crippen molar-refractivity contribution in [2.75, 3.05) is 33.8 Å². The van der Waals surface area contributed by atoms with Crippen molar-refractivity contribution in [1.29, 1.82) is 0 Å². The summed E-state index contributed by atoms with van der Waals surface area (Å²) in [5, 5.41) is 3.37. The molecule has 0 radical (unpaired) electrons. The largest absolute Gasteiger partial charge is 0.463 e. The van der Waals surface area contributed by atoms with Gasteiger partial charge in [0.1, 0.15) is 6.04 Å². The average Bonchev–Trinajstić information content (AvgIpc) is 2.84. The Balaban J connectivity index is 0.00000434. The van der Waals surface area contributed by atoms with Gasteiger partial charge in [0.15, 0.2) is 0 Å². The van der Waals surface area contributed by atoms with Crippen molar-refractivity contribution in [2.45, 2.75) is 85.4 Å². The van der Waals surface area contributed by atoms with Gasteiger partial charge in [0.2, 0.25) is 11.8 Å². The number of benzene rings is 1. The molecule has 7 nitrogen and oxygen atoms in total. The number of carbonyl (C=O) groups is 3. The molecule has 1 aromatic carbocycles. The normalized spacial score (nSPS) is 13.3. The Bertz CT molecular complexity index is 881. The highest BCUT2D eigenvalue weighted by atomic mass is 32.2. The molecule has 1 unspecified atom stereocenters. The van der Waals surface area contributed by atoms with Crippen LogP contribution in [0.1, 0.15) is 79.7 Å². The summed E-state index contributed by atoms with van der Waals surface area (Å²) in [7, 11) is 3.59. The predicted molar refractivity (Wildman–Crippen MR) is 160 cm³/mol. The van der Waals surface area contributed by atoms with E-state index in [4.69, 9.17) is 4.74 Å². The first-order chi connectivity index (χ1) is 17.7. The summed E-state index contributed by atoms with van der Waals surface area (Å²) in [6.45, 7) is 18.4. The molecular formula is C30H51N3O4S. The molecule has 8 heteroatoms. The molecule has 1 aromatic rings. The van der Waals surface area contributed by atoms with E-state index >= 15 is 0 Å². The second kappa shape index (κ2) is 18.1. The number of carbonyl (C=O) groups excluding carboxylic acids is 3. The third-order valence-corrected chi connectivity index (χ3v) is 6.78. The number of esters is 1. The predicted octanol–water partition coefficient (Wildman–Crippen LogP) is 5.67. The van der Waals surface area contributed by atoms with Gasteiger partial charge in [-0.25, -0.2) is 4.79 Å². The molecule has 2 amide bonds. The van der Waals surface area contributed by atoms with Crippen LogP contribution in [0.2, 0.25) is 0 Å².